The fourth-order valence-electron chi connectivity index (χ4n) is 2.97. The van der Waals surface area contributed by atoms with E-state index < -0.39 is 0 Å². The molecule has 1 heterocycles. The molecule has 0 amide bonds. The molecule has 1 aliphatic heterocycles. The molecule has 2 aromatic carbocycles. The molecule has 3 heteroatoms. The van der Waals surface area contributed by atoms with E-state index in [0.29, 0.717) is 0 Å². The molecule has 0 fully saturated rings. The van der Waals surface area contributed by atoms with Crippen LogP contribution < -0.4 is 15.4 Å². The summed E-state index contributed by atoms with van der Waals surface area (Å²) in [7, 11) is 0. The molecular weight excluding hydrogens is 272 g/mol. The molecule has 3 nitrogen and oxygen atoms in total. The van der Waals surface area contributed by atoms with Crippen molar-refractivity contribution in [3.8, 4) is 5.75 Å². The fourth-order valence-corrected chi connectivity index (χ4v) is 2.97. The van der Waals surface area contributed by atoms with Gasteiger partial charge in [-0.15, -0.1) is 0 Å². The largest absolute Gasteiger partial charge is 0.491 e. The highest BCUT2D eigenvalue weighted by atomic mass is 16.5. The van der Waals surface area contributed by atoms with E-state index in [9.17, 15) is 0 Å². The standard InChI is InChI=1S/C19H24N2O/c20-17(15-16-7-2-1-3-8-16)11-13-21-12-6-14-22-19-10-5-4-9-18(19)21/h1-5,7-10,17H,6,11-15,20H2/t17-/m1/s1. The summed E-state index contributed by atoms with van der Waals surface area (Å²) in [6.07, 6.45) is 2.98. The van der Waals surface area contributed by atoms with Crippen molar-refractivity contribution in [1.29, 1.82) is 0 Å². The van der Waals surface area contributed by atoms with Gasteiger partial charge in [0.2, 0.25) is 0 Å². The van der Waals surface area contributed by atoms with Crippen molar-refractivity contribution in [3.05, 3.63) is 60.2 Å². The molecule has 22 heavy (non-hydrogen) atoms. The molecule has 0 radical (unpaired) electrons. The smallest absolute Gasteiger partial charge is 0.142 e. The van der Waals surface area contributed by atoms with Crippen molar-refractivity contribution >= 4 is 5.69 Å². The van der Waals surface area contributed by atoms with Crippen LogP contribution in [0.4, 0.5) is 5.69 Å². The van der Waals surface area contributed by atoms with E-state index in [1.54, 1.807) is 0 Å². The van der Waals surface area contributed by atoms with Crippen LogP contribution in [0.1, 0.15) is 18.4 Å². The Bertz CT molecular complexity index is 585. The third-order valence-corrected chi connectivity index (χ3v) is 4.15. The zero-order valence-corrected chi connectivity index (χ0v) is 12.9. The average Bonchev–Trinajstić information content (AvgIpc) is 2.76. The summed E-state index contributed by atoms with van der Waals surface area (Å²) in [4.78, 5) is 2.41. The highest BCUT2D eigenvalue weighted by Gasteiger charge is 2.16. The Kier molecular flexibility index (Phi) is 4.96. The number of hydrogen-bond acceptors (Lipinski definition) is 3. The monoisotopic (exact) mass is 296 g/mol. The second-order valence-corrected chi connectivity index (χ2v) is 5.90. The number of rotatable bonds is 5. The summed E-state index contributed by atoms with van der Waals surface area (Å²) >= 11 is 0. The minimum absolute atomic E-state index is 0.193. The summed E-state index contributed by atoms with van der Waals surface area (Å²) in [5.41, 5.74) is 8.84. The zero-order chi connectivity index (χ0) is 15.2. The van der Waals surface area contributed by atoms with Gasteiger partial charge >= 0.3 is 0 Å². The van der Waals surface area contributed by atoms with Gasteiger partial charge in [-0.05, 0) is 37.0 Å². The maximum Gasteiger partial charge on any atom is 0.142 e. The molecule has 0 bridgehead atoms. The van der Waals surface area contributed by atoms with E-state index in [4.69, 9.17) is 10.5 Å². The van der Waals surface area contributed by atoms with Crippen molar-refractivity contribution < 1.29 is 4.74 Å². The van der Waals surface area contributed by atoms with Gasteiger partial charge in [0.25, 0.3) is 0 Å². The number of benzene rings is 2. The topological polar surface area (TPSA) is 38.5 Å². The number of hydrogen-bond donors (Lipinski definition) is 1. The fraction of sp³-hybridized carbons (Fsp3) is 0.368. The average molecular weight is 296 g/mol. The lowest BCUT2D eigenvalue weighted by Crippen LogP contribution is -2.32. The molecule has 0 saturated carbocycles. The summed E-state index contributed by atoms with van der Waals surface area (Å²) < 4.78 is 5.81. The lowest BCUT2D eigenvalue weighted by molar-refractivity contribution is 0.322. The van der Waals surface area contributed by atoms with Gasteiger partial charge in [-0.3, -0.25) is 0 Å². The van der Waals surface area contributed by atoms with Crippen LogP contribution in [0.2, 0.25) is 0 Å². The molecule has 116 valence electrons. The van der Waals surface area contributed by atoms with Crippen molar-refractivity contribution in [2.75, 3.05) is 24.6 Å². The number of anilines is 1. The minimum Gasteiger partial charge on any atom is -0.491 e. The molecule has 2 N–H and O–H groups in total. The van der Waals surface area contributed by atoms with Crippen LogP contribution >= 0.6 is 0 Å². The minimum atomic E-state index is 0.193. The quantitative estimate of drug-likeness (QED) is 0.920. The van der Waals surface area contributed by atoms with E-state index in [1.165, 1.54) is 11.3 Å². The summed E-state index contributed by atoms with van der Waals surface area (Å²) in [6, 6.07) is 19.0. The Morgan fingerprint density at radius 3 is 2.68 bits per heavy atom. The van der Waals surface area contributed by atoms with Crippen molar-refractivity contribution in [3.63, 3.8) is 0 Å². The number of ether oxygens (including phenoxy) is 1. The second kappa shape index (κ2) is 7.32. The molecule has 0 aliphatic carbocycles. The predicted molar refractivity (Wildman–Crippen MR) is 91.5 cm³/mol. The van der Waals surface area contributed by atoms with Gasteiger partial charge in [0.05, 0.1) is 12.3 Å². The summed E-state index contributed by atoms with van der Waals surface area (Å²) in [5, 5.41) is 0. The van der Waals surface area contributed by atoms with Crippen LogP contribution in [0.15, 0.2) is 54.6 Å². The lowest BCUT2D eigenvalue weighted by atomic mass is 10.0. The van der Waals surface area contributed by atoms with Crippen molar-refractivity contribution in [2.24, 2.45) is 5.73 Å². The van der Waals surface area contributed by atoms with E-state index in [-0.39, 0.29) is 6.04 Å². The SMILES string of the molecule is N[C@H](CCN1CCCOc2ccccc21)Cc1ccccc1. The summed E-state index contributed by atoms with van der Waals surface area (Å²) in [6.45, 7) is 2.81. The zero-order valence-electron chi connectivity index (χ0n) is 12.9. The molecule has 0 saturated heterocycles. The van der Waals surface area contributed by atoms with Crippen LogP contribution in [0.25, 0.3) is 0 Å². The van der Waals surface area contributed by atoms with Gasteiger partial charge in [-0.2, -0.15) is 0 Å². The third kappa shape index (κ3) is 3.80. The van der Waals surface area contributed by atoms with E-state index in [1.807, 2.05) is 12.1 Å². The number of nitrogens with two attached hydrogens (primary N) is 1. The molecule has 3 rings (SSSR count). The summed E-state index contributed by atoms with van der Waals surface area (Å²) in [5.74, 6) is 0.997. The first-order valence-corrected chi connectivity index (χ1v) is 8.09. The molecule has 1 atom stereocenters. The Morgan fingerprint density at radius 2 is 1.82 bits per heavy atom. The van der Waals surface area contributed by atoms with Gasteiger partial charge in [0, 0.05) is 19.1 Å². The van der Waals surface area contributed by atoms with E-state index >= 15 is 0 Å². The van der Waals surface area contributed by atoms with Crippen LogP contribution in [0.3, 0.4) is 0 Å². The predicted octanol–water partition coefficient (Wildman–Crippen LogP) is 3.24. The van der Waals surface area contributed by atoms with Crippen LogP contribution in [0.5, 0.6) is 5.75 Å². The first-order chi connectivity index (χ1) is 10.8. The van der Waals surface area contributed by atoms with Gasteiger partial charge in [0.1, 0.15) is 5.75 Å². The molecule has 0 unspecified atom stereocenters. The molecule has 2 aromatic rings. The van der Waals surface area contributed by atoms with Crippen molar-refractivity contribution in [1.82, 2.24) is 0 Å². The lowest BCUT2D eigenvalue weighted by Gasteiger charge is -2.25. The third-order valence-electron chi connectivity index (χ3n) is 4.15. The van der Waals surface area contributed by atoms with E-state index in [2.05, 4.69) is 47.4 Å². The van der Waals surface area contributed by atoms with Crippen LogP contribution in [0, 0.1) is 0 Å². The Balaban J connectivity index is 1.59. The highest BCUT2D eigenvalue weighted by molar-refractivity contribution is 5.58. The maximum atomic E-state index is 6.32. The maximum absolute atomic E-state index is 6.32. The number of para-hydroxylation sites is 2. The molecule has 0 aromatic heterocycles. The Hall–Kier alpha value is -2.00. The second-order valence-electron chi connectivity index (χ2n) is 5.90. The molecular formula is C19H24N2O. The van der Waals surface area contributed by atoms with Crippen LogP contribution in [-0.2, 0) is 6.42 Å². The van der Waals surface area contributed by atoms with Gasteiger partial charge in [-0.1, -0.05) is 42.5 Å². The number of nitrogens with zero attached hydrogens (tertiary/aromatic N) is 1. The Labute approximate surface area is 132 Å². The molecule has 1 aliphatic rings. The number of fused-ring (bicyclic) bond motifs is 1. The van der Waals surface area contributed by atoms with E-state index in [0.717, 1.165) is 44.7 Å². The van der Waals surface area contributed by atoms with Crippen molar-refractivity contribution in [2.45, 2.75) is 25.3 Å². The first kappa shape index (κ1) is 14.9. The van der Waals surface area contributed by atoms with Gasteiger partial charge in [-0.25, -0.2) is 0 Å². The van der Waals surface area contributed by atoms with Crippen LogP contribution in [-0.4, -0.2) is 25.7 Å². The van der Waals surface area contributed by atoms with Gasteiger partial charge < -0.3 is 15.4 Å². The Morgan fingerprint density at radius 1 is 1.05 bits per heavy atom. The molecule has 0 spiro atoms. The first-order valence-electron chi connectivity index (χ1n) is 8.09. The normalized spacial score (nSPS) is 15.6. The van der Waals surface area contributed by atoms with Gasteiger partial charge in [0.15, 0.2) is 0 Å². The highest BCUT2D eigenvalue weighted by Crippen LogP contribution is 2.30.